The Morgan fingerprint density at radius 2 is 1.85 bits per heavy atom. The van der Waals surface area contributed by atoms with Gasteiger partial charge in [-0.2, -0.15) is 5.12 Å². The van der Waals surface area contributed by atoms with Crippen LogP contribution in [-0.4, -0.2) is 64.4 Å². The third-order valence-corrected chi connectivity index (χ3v) is 7.21. The van der Waals surface area contributed by atoms with E-state index in [1.54, 1.807) is 7.05 Å². The molecule has 206 valence electrons. The van der Waals surface area contributed by atoms with Crippen molar-refractivity contribution in [2.24, 2.45) is 5.10 Å². The van der Waals surface area contributed by atoms with E-state index in [0.717, 1.165) is 67.8 Å². The number of benzene rings is 2. The van der Waals surface area contributed by atoms with Crippen molar-refractivity contribution in [2.45, 2.75) is 51.0 Å². The van der Waals surface area contributed by atoms with Gasteiger partial charge in [0.25, 0.3) is 0 Å². The molecule has 11 heteroatoms. The number of aromatic amines is 1. The molecule has 2 aliphatic rings. The summed E-state index contributed by atoms with van der Waals surface area (Å²) in [5.74, 6) is 1.35. The van der Waals surface area contributed by atoms with Gasteiger partial charge in [-0.1, -0.05) is 49.2 Å². The maximum Gasteiger partial charge on any atom is 0.243 e. The number of H-pyrrole nitrogens is 1. The van der Waals surface area contributed by atoms with Crippen LogP contribution in [0.4, 0.5) is 0 Å². The highest BCUT2D eigenvalue weighted by molar-refractivity contribution is 5.86. The summed E-state index contributed by atoms with van der Waals surface area (Å²) in [5.41, 5.74) is 7.96. The number of rotatable bonds is 11. The van der Waals surface area contributed by atoms with Crippen LogP contribution in [0, 0.1) is 0 Å². The molecule has 2 amide bonds. The molecule has 0 bridgehead atoms. The maximum absolute atomic E-state index is 13.1. The molecule has 2 aromatic carbocycles. The van der Waals surface area contributed by atoms with Crippen molar-refractivity contribution < 1.29 is 9.59 Å². The highest BCUT2D eigenvalue weighted by atomic mass is 16.2. The van der Waals surface area contributed by atoms with Gasteiger partial charge in [-0.05, 0) is 42.5 Å². The molecule has 0 radical (unpaired) electrons. The van der Waals surface area contributed by atoms with Crippen LogP contribution < -0.4 is 21.6 Å². The van der Waals surface area contributed by atoms with Crippen molar-refractivity contribution >= 4 is 28.5 Å². The number of hydrogen-bond acceptors (Lipinski definition) is 8. The van der Waals surface area contributed by atoms with Gasteiger partial charge < -0.3 is 20.5 Å². The first kappa shape index (κ1) is 26.5. The molecule has 0 unspecified atom stereocenters. The van der Waals surface area contributed by atoms with Crippen molar-refractivity contribution in [3.8, 4) is 11.3 Å². The lowest BCUT2D eigenvalue weighted by Gasteiger charge is -2.19. The average Bonchev–Trinajstić information content (AvgIpc) is 3.74. The number of hydrogen-bond donors (Lipinski definition) is 5. The van der Waals surface area contributed by atoms with Crippen molar-refractivity contribution in [1.82, 2.24) is 41.6 Å². The van der Waals surface area contributed by atoms with E-state index in [1.165, 1.54) is 10.5 Å². The molecule has 0 saturated carbocycles. The number of amides is 2. The molecule has 1 atom stereocenters. The minimum absolute atomic E-state index is 0.0477. The second kappa shape index (κ2) is 12.6. The van der Waals surface area contributed by atoms with Gasteiger partial charge in [0, 0.05) is 32.1 Å². The molecule has 11 nitrogen and oxygen atoms in total. The Morgan fingerprint density at radius 1 is 1.03 bits per heavy atom. The van der Waals surface area contributed by atoms with E-state index in [0.29, 0.717) is 18.7 Å². The zero-order valence-electron chi connectivity index (χ0n) is 22.4. The number of unbranched alkanes of at least 4 members (excludes halogenated alkanes) is 2. The summed E-state index contributed by atoms with van der Waals surface area (Å²) in [6, 6.07) is 14.3. The molecule has 2 aliphatic heterocycles. The van der Waals surface area contributed by atoms with Gasteiger partial charge in [-0.15, -0.1) is 10.6 Å². The molecular weight excluding hydrogens is 494 g/mol. The quantitative estimate of drug-likeness (QED) is 0.241. The molecule has 0 aliphatic carbocycles. The van der Waals surface area contributed by atoms with E-state index in [1.807, 2.05) is 18.3 Å². The monoisotopic (exact) mass is 531 g/mol. The molecule has 3 heterocycles. The van der Waals surface area contributed by atoms with Crippen molar-refractivity contribution in [1.29, 1.82) is 0 Å². The lowest BCUT2D eigenvalue weighted by Crippen LogP contribution is -2.46. The van der Waals surface area contributed by atoms with Crippen LogP contribution in [-0.2, 0) is 9.59 Å². The Kier molecular flexibility index (Phi) is 8.57. The number of aromatic nitrogens is 2. The topological polar surface area (TPSA) is 130 Å². The largest absolute Gasteiger partial charge is 0.359 e. The SMILES string of the molecule is CNC(=O)CCCCC[C@H](NC(=O)CN1N=C(N2CCCC2)NN1)c1ncc(-c2ccc3ccccc3c2)[nH]1. The lowest BCUT2D eigenvalue weighted by molar-refractivity contribution is -0.124. The van der Waals surface area contributed by atoms with Gasteiger partial charge in [0.15, 0.2) is 0 Å². The van der Waals surface area contributed by atoms with Crippen molar-refractivity contribution in [3.63, 3.8) is 0 Å². The lowest BCUT2D eigenvalue weighted by atomic mass is 10.1. The second-order valence-corrected chi connectivity index (χ2v) is 10.0. The standard InChI is InChI=1S/C28H37N9O2/c1-29-25(38)12-4-2-3-11-23(31-26(39)19-37-34-28(33-35-37)36-15-7-8-16-36)27-30-18-24(32-27)22-14-13-20-9-5-6-10-21(20)17-22/h5-6,9-10,13-14,17-18,23,35H,2-4,7-8,11-12,15-16,19H2,1H3,(H,29,38)(H,30,32)(H,31,39)(H,33,34)/t23-/m0/s1. The van der Waals surface area contributed by atoms with Gasteiger partial charge in [-0.25, -0.2) is 4.98 Å². The van der Waals surface area contributed by atoms with E-state index < -0.39 is 0 Å². The smallest absolute Gasteiger partial charge is 0.243 e. The summed E-state index contributed by atoms with van der Waals surface area (Å²) in [6.07, 6.45) is 7.88. The summed E-state index contributed by atoms with van der Waals surface area (Å²) in [6.45, 7) is 2.00. The predicted molar refractivity (Wildman–Crippen MR) is 151 cm³/mol. The summed E-state index contributed by atoms with van der Waals surface area (Å²) >= 11 is 0. The Labute approximate surface area is 228 Å². The zero-order chi connectivity index (χ0) is 27.0. The minimum Gasteiger partial charge on any atom is -0.359 e. The van der Waals surface area contributed by atoms with Crippen molar-refractivity contribution in [3.05, 3.63) is 54.5 Å². The molecule has 5 rings (SSSR count). The Morgan fingerprint density at radius 3 is 2.67 bits per heavy atom. The number of fused-ring (bicyclic) bond motifs is 1. The van der Waals surface area contributed by atoms with Gasteiger partial charge in [-0.3, -0.25) is 15.0 Å². The average molecular weight is 532 g/mol. The van der Waals surface area contributed by atoms with Crippen LogP contribution in [0.1, 0.15) is 56.8 Å². The van der Waals surface area contributed by atoms with Crippen LogP contribution >= 0.6 is 0 Å². The molecule has 3 aromatic rings. The number of nitrogens with one attached hydrogen (secondary N) is 5. The fourth-order valence-electron chi connectivity index (χ4n) is 5.03. The molecular formula is C28H37N9O2. The number of carbonyl (C=O) groups excluding carboxylic acids is 2. The third kappa shape index (κ3) is 6.85. The Bertz CT molecular complexity index is 1320. The van der Waals surface area contributed by atoms with Crippen LogP contribution in [0.3, 0.4) is 0 Å². The van der Waals surface area contributed by atoms with Gasteiger partial charge in [0.05, 0.1) is 17.9 Å². The van der Waals surface area contributed by atoms with E-state index in [2.05, 4.69) is 71.9 Å². The van der Waals surface area contributed by atoms with Gasteiger partial charge >= 0.3 is 0 Å². The second-order valence-electron chi connectivity index (χ2n) is 10.0. The van der Waals surface area contributed by atoms with Crippen molar-refractivity contribution in [2.75, 3.05) is 26.7 Å². The minimum atomic E-state index is -0.288. The van der Waals surface area contributed by atoms with Crippen LogP contribution in [0.2, 0.25) is 0 Å². The number of carbonyl (C=O) groups is 2. The molecule has 0 spiro atoms. The maximum atomic E-state index is 13.1. The molecule has 1 fully saturated rings. The Balaban J connectivity index is 1.24. The van der Waals surface area contributed by atoms with Gasteiger partial charge in [0.1, 0.15) is 12.4 Å². The molecule has 1 aromatic heterocycles. The van der Waals surface area contributed by atoms with Crippen LogP contribution in [0.5, 0.6) is 0 Å². The predicted octanol–water partition coefficient (Wildman–Crippen LogP) is 2.78. The third-order valence-electron chi connectivity index (χ3n) is 7.21. The first-order chi connectivity index (χ1) is 19.1. The van der Waals surface area contributed by atoms with Crippen LogP contribution in [0.15, 0.2) is 53.8 Å². The molecule has 5 N–H and O–H groups in total. The van der Waals surface area contributed by atoms with Crippen LogP contribution in [0.25, 0.3) is 22.0 Å². The number of likely N-dealkylation sites (tertiary alicyclic amines) is 1. The number of hydrazone groups is 1. The first-order valence-corrected chi connectivity index (χ1v) is 13.8. The first-order valence-electron chi connectivity index (χ1n) is 13.8. The van der Waals surface area contributed by atoms with E-state index in [-0.39, 0.29) is 24.4 Å². The fraction of sp³-hybridized carbons (Fsp3) is 0.429. The summed E-state index contributed by atoms with van der Waals surface area (Å²) < 4.78 is 0. The highest BCUT2D eigenvalue weighted by Gasteiger charge is 2.25. The zero-order valence-corrected chi connectivity index (χ0v) is 22.4. The number of imidazole rings is 1. The summed E-state index contributed by atoms with van der Waals surface area (Å²) in [4.78, 5) is 34.9. The summed E-state index contributed by atoms with van der Waals surface area (Å²) in [5, 5.41) is 14.2. The number of hydrazine groups is 2. The normalized spacial score (nSPS) is 15.8. The van der Waals surface area contributed by atoms with E-state index in [9.17, 15) is 9.59 Å². The van der Waals surface area contributed by atoms with E-state index in [4.69, 9.17) is 0 Å². The number of nitrogens with zero attached hydrogens (tertiary/aromatic N) is 4. The molecule has 1 saturated heterocycles. The fourth-order valence-corrected chi connectivity index (χ4v) is 5.03. The Hall–Kier alpha value is -4.12. The summed E-state index contributed by atoms with van der Waals surface area (Å²) in [7, 11) is 1.65. The number of guanidine groups is 1. The molecule has 39 heavy (non-hydrogen) atoms. The van der Waals surface area contributed by atoms with E-state index >= 15 is 0 Å². The van der Waals surface area contributed by atoms with Gasteiger partial charge in [0.2, 0.25) is 17.8 Å². The highest BCUT2D eigenvalue weighted by Crippen LogP contribution is 2.26.